The Morgan fingerprint density at radius 3 is 2.69 bits per heavy atom. The molecule has 0 fully saturated rings. The fourth-order valence-electron chi connectivity index (χ4n) is 1.63. The second-order valence-corrected chi connectivity index (χ2v) is 4.04. The first-order chi connectivity index (χ1) is 7.68. The van der Waals surface area contributed by atoms with Gasteiger partial charge in [0.15, 0.2) is 0 Å². The Morgan fingerprint density at radius 1 is 1.38 bits per heavy atom. The normalized spacial score (nSPS) is 12.3. The molecule has 0 aromatic heterocycles. The van der Waals surface area contributed by atoms with Crippen LogP contribution in [0.25, 0.3) is 0 Å². The molecule has 1 unspecified atom stereocenters. The predicted molar refractivity (Wildman–Crippen MR) is 64.5 cm³/mol. The van der Waals surface area contributed by atoms with Gasteiger partial charge in [0.05, 0.1) is 0 Å². The lowest BCUT2D eigenvalue weighted by Crippen LogP contribution is -2.29. The predicted octanol–water partition coefficient (Wildman–Crippen LogP) is 2.07. The summed E-state index contributed by atoms with van der Waals surface area (Å²) in [6.45, 7) is 2.88. The maximum atomic E-state index is 10.3. The van der Waals surface area contributed by atoms with Crippen LogP contribution in [0.5, 0.6) is 0 Å². The molecular weight excluding hydrogens is 202 g/mol. The van der Waals surface area contributed by atoms with Crippen LogP contribution in [0.1, 0.15) is 25.3 Å². The summed E-state index contributed by atoms with van der Waals surface area (Å²) in [6.07, 6.45) is 1.91. The smallest absolute Gasteiger partial charge is 0.303 e. The van der Waals surface area contributed by atoms with Crippen molar-refractivity contribution in [3.8, 4) is 0 Å². The standard InChI is InChI=1S/C13H19NO2/c1-11(14-9-5-8-13(15)16)10-12-6-3-2-4-7-12/h2-4,6-7,11,14H,5,8-10H2,1H3,(H,15,16). The zero-order valence-corrected chi connectivity index (χ0v) is 9.65. The third-order valence-corrected chi connectivity index (χ3v) is 2.44. The van der Waals surface area contributed by atoms with Crippen LogP contribution < -0.4 is 5.32 Å². The van der Waals surface area contributed by atoms with Crippen LogP contribution in [-0.4, -0.2) is 23.7 Å². The van der Waals surface area contributed by atoms with E-state index in [0.29, 0.717) is 12.5 Å². The second-order valence-electron chi connectivity index (χ2n) is 4.04. The Kier molecular flexibility index (Phi) is 5.57. The van der Waals surface area contributed by atoms with E-state index in [1.54, 1.807) is 0 Å². The van der Waals surface area contributed by atoms with E-state index in [1.165, 1.54) is 5.56 Å². The maximum Gasteiger partial charge on any atom is 0.303 e. The highest BCUT2D eigenvalue weighted by Gasteiger charge is 2.02. The molecule has 1 aromatic rings. The third kappa shape index (κ3) is 5.51. The lowest BCUT2D eigenvalue weighted by molar-refractivity contribution is -0.137. The average Bonchev–Trinajstić information content (AvgIpc) is 2.25. The Labute approximate surface area is 96.5 Å². The van der Waals surface area contributed by atoms with E-state index < -0.39 is 5.97 Å². The number of benzene rings is 1. The van der Waals surface area contributed by atoms with Gasteiger partial charge in [-0.3, -0.25) is 4.79 Å². The van der Waals surface area contributed by atoms with Crippen molar-refractivity contribution in [2.24, 2.45) is 0 Å². The molecule has 16 heavy (non-hydrogen) atoms. The SMILES string of the molecule is CC(Cc1ccccc1)NCCCC(=O)O. The summed E-state index contributed by atoms with van der Waals surface area (Å²) in [4.78, 5) is 10.3. The molecule has 3 heteroatoms. The molecule has 0 saturated carbocycles. The largest absolute Gasteiger partial charge is 0.481 e. The summed E-state index contributed by atoms with van der Waals surface area (Å²) in [5.74, 6) is -0.725. The lowest BCUT2D eigenvalue weighted by atomic mass is 10.1. The molecule has 3 nitrogen and oxygen atoms in total. The van der Waals surface area contributed by atoms with Gasteiger partial charge < -0.3 is 10.4 Å². The Balaban J connectivity index is 2.16. The highest BCUT2D eigenvalue weighted by atomic mass is 16.4. The van der Waals surface area contributed by atoms with Crippen LogP contribution in [0.15, 0.2) is 30.3 Å². The number of carbonyl (C=O) groups is 1. The molecule has 0 saturated heterocycles. The Hall–Kier alpha value is -1.35. The molecule has 0 bridgehead atoms. The molecule has 0 amide bonds. The highest BCUT2D eigenvalue weighted by molar-refractivity contribution is 5.66. The van der Waals surface area contributed by atoms with Gasteiger partial charge in [0.25, 0.3) is 0 Å². The van der Waals surface area contributed by atoms with Gasteiger partial charge >= 0.3 is 5.97 Å². The minimum Gasteiger partial charge on any atom is -0.481 e. The van der Waals surface area contributed by atoms with Gasteiger partial charge in [-0.1, -0.05) is 30.3 Å². The molecule has 1 aromatic carbocycles. The number of hydrogen-bond acceptors (Lipinski definition) is 2. The average molecular weight is 221 g/mol. The molecule has 1 rings (SSSR count). The van der Waals surface area contributed by atoms with Gasteiger partial charge in [-0.05, 0) is 31.9 Å². The fourth-order valence-corrected chi connectivity index (χ4v) is 1.63. The number of nitrogens with one attached hydrogen (secondary N) is 1. The quantitative estimate of drug-likeness (QED) is 0.693. The minimum absolute atomic E-state index is 0.241. The van der Waals surface area contributed by atoms with E-state index in [2.05, 4.69) is 24.4 Å². The molecule has 0 aliphatic heterocycles. The van der Waals surface area contributed by atoms with Crippen molar-refractivity contribution >= 4 is 5.97 Å². The summed E-state index contributed by atoms with van der Waals surface area (Å²) in [5.41, 5.74) is 1.31. The molecule has 2 N–H and O–H groups in total. The monoisotopic (exact) mass is 221 g/mol. The van der Waals surface area contributed by atoms with E-state index in [4.69, 9.17) is 5.11 Å². The van der Waals surface area contributed by atoms with E-state index in [1.807, 2.05) is 18.2 Å². The van der Waals surface area contributed by atoms with Crippen molar-refractivity contribution in [3.05, 3.63) is 35.9 Å². The second kappa shape index (κ2) is 7.01. The van der Waals surface area contributed by atoms with E-state index in [0.717, 1.165) is 13.0 Å². The number of carboxylic acid groups (broad SMARTS) is 1. The Bertz CT molecular complexity index is 311. The first kappa shape index (κ1) is 12.7. The van der Waals surface area contributed by atoms with Crippen molar-refractivity contribution in [3.63, 3.8) is 0 Å². The van der Waals surface area contributed by atoms with Crippen molar-refractivity contribution in [1.82, 2.24) is 5.32 Å². The number of hydrogen-bond donors (Lipinski definition) is 2. The zero-order valence-electron chi connectivity index (χ0n) is 9.65. The van der Waals surface area contributed by atoms with Crippen LogP contribution >= 0.6 is 0 Å². The molecule has 88 valence electrons. The summed E-state index contributed by atoms with van der Waals surface area (Å²) in [6, 6.07) is 10.7. The highest BCUT2D eigenvalue weighted by Crippen LogP contribution is 2.02. The van der Waals surface area contributed by atoms with E-state index >= 15 is 0 Å². The number of rotatable bonds is 7. The fraction of sp³-hybridized carbons (Fsp3) is 0.462. The van der Waals surface area contributed by atoms with Gasteiger partial charge in [0.1, 0.15) is 0 Å². The van der Waals surface area contributed by atoms with Crippen molar-refractivity contribution in [1.29, 1.82) is 0 Å². The van der Waals surface area contributed by atoms with Crippen LogP contribution in [-0.2, 0) is 11.2 Å². The first-order valence-electron chi connectivity index (χ1n) is 5.67. The minimum atomic E-state index is -0.725. The van der Waals surface area contributed by atoms with E-state index in [9.17, 15) is 4.79 Å². The molecule has 0 spiro atoms. The summed E-state index contributed by atoms with van der Waals surface area (Å²) in [5, 5.41) is 11.8. The zero-order chi connectivity index (χ0) is 11.8. The molecule has 0 aliphatic rings. The number of aliphatic carboxylic acids is 1. The molecule has 0 heterocycles. The molecular formula is C13H19NO2. The van der Waals surface area contributed by atoms with Crippen LogP contribution in [0.4, 0.5) is 0 Å². The van der Waals surface area contributed by atoms with E-state index in [-0.39, 0.29) is 6.42 Å². The molecule has 0 radical (unpaired) electrons. The van der Waals surface area contributed by atoms with Crippen LogP contribution in [0.2, 0.25) is 0 Å². The van der Waals surface area contributed by atoms with Gasteiger partial charge in [0, 0.05) is 12.5 Å². The van der Waals surface area contributed by atoms with Gasteiger partial charge in [-0.15, -0.1) is 0 Å². The van der Waals surface area contributed by atoms with Gasteiger partial charge in [-0.2, -0.15) is 0 Å². The first-order valence-corrected chi connectivity index (χ1v) is 5.67. The van der Waals surface area contributed by atoms with Crippen molar-refractivity contribution in [2.75, 3.05) is 6.54 Å². The number of carboxylic acids is 1. The lowest BCUT2D eigenvalue weighted by Gasteiger charge is -2.13. The molecule has 0 aliphatic carbocycles. The Morgan fingerprint density at radius 2 is 2.06 bits per heavy atom. The summed E-state index contributed by atoms with van der Waals surface area (Å²) >= 11 is 0. The van der Waals surface area contributed by atoms with Gasteiger partial charge in [-0.25, -0.2) is 0 Å². The topological polar surface area (TPSA) is 49.3 Å². The van der Waals surface area contributed by atoms with Crippen molar-refractivity contribution < 1.29 is 9.90 Å². The van der Waals surface area contributed by atoms with Crippen molar-refractivity contribution in [2.45, 2.75) is 32.2 Å². The maximum absolute atomic E-state index is 10.3. The summed E-state index contributed by atoms with van der Waals surface area (Å²) in [7, 11) is 0. The third-order valence-electron chi connectivity index (χ3n) is 2.44. The molecule has 1 atom stereocenters. The van der Waals surface area contributed by atoms with Crippen LogP contribution in [0, 0.1) is 0 Å². The van der Waals surface area contributed by atoms with Gasteiger partial charge in [0.2, 0.25) is 0 Å². The summed E-state index contributed by atoms with van der Waals surface area (Å²) < 4.78 is 0. The van der Waals surface area contributed by atoms with Crippen LogP contribution in [0.3, 0.4) is 0 Å².